The Hall–Kier alpha value is -1.00. The maximum absolute atomic E-state index is 12.8. The lowest BCUT2D eigenvalue weighted by Gasteiger charge is -2.35. The lowest BCUT2D eigenvalue weighted by Crippen LogP contribution is -2.46. The quantitative estimate of drug-likeness (QED) is 0.660. The molecular weight excluding hydrogens is 247 g/mol. The molecule has 2 rings (SSSR count). The fraction of sp³-hybridized carbons (Fsp3) is 0.429. The molecule has 1 saturated heterocycles. The van der Waals surface area contributed by atoms with Crippen molar-refractivity contribution in [1.29, 1.82) is 0 Å². The first-order chi connectivity index (χ1) is 8.79. The van der Waals surface area contributed by atoms with E-state index in [1.807, 2.05) is 12.1 Å². The minimum atomic E-state index is -0.172. The number of anilines is 1. The highest BCUT2D eigenvalue weighted by Crippen LogP contribution is 2.16. The van der Waals surface area contributed by atoms with Crippen molar-refractivity contribution in [2.45, 2.75) is 0 Å². The third-order valence-corrected chi connectivity index (χ3v) is 3.41. The summed E-state index contributed by atoms with van der Waals surface area (Å²) in [6, 6.07) is 6.76. The van der Waals surface area contributed by atoms with E-state index in [4.69, 9.17) is 0 Å². The first kappa shape index (κ1) is 13.4. The predicted molar refractivity (Wildman–Crippen MR) is 78.0 cm³/mol. The lowest BCUT2D eigenvalue weighted by atomic mass is 10.2. The summed E-state index contributed by atoms with van der Waals surface area (Å²) in [5.74, 6) is 0.629. The molecule has 1 aromatic rings. The maximum atomic E-state index is 12.8. The Morgan fingerprint density at radius 1 is 1.06 bits per heavy atom. The molecule has 98 valence electrons. The van der Waals surface area contributed by atoms with Crippen LogP contribution in [-0.4, -0.2) is 43.4 Å². The van der Waals surface area contributed by atoms with E-state index in [1.165, 1.54) is 12.1 Å². The molecule has 0 spiro atoms. The molecular formula is C14H19FN2S. The van der Waals surface area contributed by atoms with Crippen LogP contribution in [0.15, 0.2) is 36.4 Å². The second-order valence-corrected chi connectivity index (χ2v) is 4.78. The molecule has 4 heteroatoms. The molecule has 0 amide bonds. The van der Waals surface area contributed by atoms with E-state index in [0.29, 0.717) is 0 Å². The first-order valence-corrected chi connectivity index (χ1v) is 6.91. The Kier molecular flexibility index (Phi) is 5.08. The smallest absolute Gasteiger partial charge is 0.123 e. The summed E-state index contributed by atoms with van der Waals surface area (Å²) in [6.45, 7) is 5.10. The van der Waals surface area contributed by atoms with E-state index in [2.05, 4.69) is 34.6 Å². The Morgan fingerprint density at radius 2 is 1.72 bits per heavy atom. The van der Waals surface area contributed by atoms with E-state index in [-0.39, 0.29) is 5.82 Å². The van der Waals surface area contributed by atoms with Crippen molar-refractivity contribution in [3.05, 3.63) is 42.2 Å². The number of benzene rings is 1. The monoisotopic (exact) mass is 266 g/mol. The first-order valence-electron chi connectivity index (χ1n) is 6.28. The Bertz CT molecular complexity index is 383. The minimum absolute atomic E-state index is 0.172. The van der Waals surface area contributed by atoms with Gasteiger partial charge in [-0.2, -0.15) is 12.6 Å². The van der Waals surface area contributed by atoms with Crippen molar-refractivity contribution in [1.82, 2.24) is 4.90 Å². The molecule has 0 unspecified atom stereocenters. The molecule has 0 bridgehead atoms. The summed E-state index contributed by atoms with van der Waals surface area (Å²) < 4.78 is 12.8. The molecule has 0 atom stereocenters. The van der Waals surface area contributed by atoms with Crippen LogP contribution in [0.1, 0.15) is 0 Å². The average Bonchev–Trinajstić information content (AvgIpc) is 2.41. The summed E-state index contributed by atoms with van der Waals surface area (Å²) in [5.41, 5.74) is 1.11. The summed E-state index contributed by atoms with van der Waals surface area (Å²) in [7, 11) is 0. The molecule has 1 aliphatic heterocycles. The molecule has 1 fully saturated rings. The van der Waals surface area contributed by atoms with Gasteiger partial charge in [-0.25, -0.2) is 4.39 Å². The van der Waals surface area contributed by atoms with Crippen LogP contribution in [0.2, 0.25) is 0 Å². The van der Waals surface area contributed by atoms with Crippen molar-refractivity contribution in [2.24, 2.45) is 0 Å². The van der Waals surface area contributed by atoms with Crippen LogP contribution in [0.4, 0.5) is 10.1 Å². The fourth-order valence-electron chi connectivity index (χ4n) is 2.14. The topological polar surface area (TPSA) is 6.48 Å². The number of piperazine rings is 1. The number of halogens is 1. The zero-order valence-electron chi connectivity index (χ0n) is 10.4. The molecule has 1 aliphatic rings. The van der Waals surface area contributed by atoms with E-state index in [9.17, 15) is 4.39 Å². The van der Waals surface area contributed by atoms with Crippen LogP contribution in [0.3, 0.4) is 0 Å². The average molecular weight is 266 g/mol. The zero-order chi connectivity index (χ0) is 12.8. The number of nitrogens with zero attached hydrogens (tertiary/aromatic N) is 2. The second-order valence-electron chi connectivity index (χ2n) is 4.42. The van der Waals surface area contributed by atoms with Gasteiger partial charge in [0.25, 0.3) is 0 Å². The highest BCUT2D eigenvalue weighted by molar-refractivity contribution is 7.80. The van der Waals surface area contributed by atoms with Crippen molar-refractivity contribution in [3.63, 3.8) is 0 Å². The molecule has 0 saturated carbocycles. The van der Waals surface area contributed by atoms with E-state index in [0.717, 1.165) is 44.2 Å². The van der Waals surface area contributed by atoms with E-state index >= 15 is 0 Å². The largest absolute Gasteiger partial charge is 0.369 e. The van der Waals surface area contributed by atoms with Crippen LogP contribution in [0.5, 0.6) is 0 Å². The van der Waals surface area contributed by atoms with Gasteiger partial charge in [0.05, 0.1) is 0 Å². The van der Waals surface area contributed by atoms with Crippen LogP contribution in [-0.2, 0) is 0 Å². The molecule has 18 heavy (non-hydrogen) atoms. The second kappa shape index (κ2) is 6.81. The molecule has 2 nitrogen and oxygen atoms in total. The van der Waals surface area contributed by atoms with Gasteiger partial charge in [-0.1, -0.05) is 12.2 Å². The van der Waals surface area contributed by atoms with Crippen LogP contribution in [0, 0.1) is 5.82 Å². The number of rotatable bonds is 4. The molecule has 1 aromatic carbocycles. The third-order valence-electron chi connectivity index (χ3n) is 3.20. The minimum Gasteiger partial charge on any atom is -0.369 e. The summed E-state index contributed by atoms with van der Waals surface area (Å²) in [6.07, 6.45) is 4.25. The van der Waals surface area contributed by atoms with Gasteiger partial charge in [0.15, 0.2) is 0 Å². The highest BCUT2D eigenvalue weighted by atomic mass is 32.1. The molecule has 0 aliphatic carbocycles. The predicted octanol–water partition coefficient (Wildman–Crippen LogP) is 2.43. The van der Waals surface area contributed by atoms with Crippen molar-refractivity contribution in [3.8, 4) is 0 Å². The Balaban J connectivity index is 1.83. The van der Waals surface area contributed by atoms with Crippen LogP contribution in [0.25, 0.3) is 0 Å². The normalized spacial score (nSPS) is 17.6. The summed E-state index contributed by atoms with van der Waals surface area (Å²) in [4.78, 5) is 4.72. The van der Waals surface area contributed by atoms with Crippen molar-refractivity contribution < 1.29 is 4.39 Å². The van der Waals surface area contributed by atoms with Gasteiger partial charge in [-0.15, -0.1) is 0 Å². The summed E-state index contributed by atoms with van der Waals surface area (Å²) in [5, 5.41) is 0. The van der Waals surface area contributed by atoms with Crippen molar-refractivity contribution >= 4 is 18.3 Å². The van der Waals surface area contributed by atoms with Crippen LogP contribution >= 0.6 is 12.6 Å². The van der Waals surface area contributed by atoms with Gasteiger partial charge >= 0.3 is 0 Å². The summed E-state index contributed by atoms with van der Waals surface area (Å²) >= 11 is 4.14. The van der Waals surface area contributed by atoms with Crippen LogP contribution < -0.4 is 4.90 Å². The van der Waals surface area contributed by atoms with Gasteiger partial charge in [0, 0.05) is 44.2 Å². The highest BCUT2D eigenvalue weighted by Gasteiger charge is 2.15. The Labute approximate surface area is 113 Å². The molecule has 0 N–H and O–H groups in total. The van der Waals surface area contributed by atoms with Gasteiger partial charge in [-0.3, -0.25) is 4.90 Å². The van der Waals surface area contributed by atoms with Gasteiger partial charge in [0.1, 0.15) is 5.82 Å². The number of hydrogen-bond acceptors (Lipinski definition) is 3. The SMILES string of the molecule is Fc1ccc(N2CCN(CC=CCS)CC2)cc1. The fourth-order valence-corrected chi connectivity index (χ4v) is 2.29. The number of hydrogen-bond donors (Lipinski definition) is 1. The third kappa shape index (κ3) is 3.75. The van der Waals surface area contributed by atoms with E-state index in [1.54, 1.807) is 0 Å². The maximum Gasteiger partial charge on any atom is 0.123 e. The number of thiol groups is 1. The standard InChI is InChI=1S/C14H19FN2S/c15-13-3-5-14(6-4-13)17-10-8-16(9-11-17)7-1-2-12-18/h1-6,18H,7-12H2. The van der Waals surface area contributed by atoms with Gasteiger partial charge in [-0.05, 0) is 24.3 Å². The van der Waals surface area contributed by atoms with Gasteiger partial charge in [0.2, 0.25) is 0 Å². The molecule has 0 radical (unpaired) electrons. The molecule has 1 heterocycles. The lowest BCUT2D eigenvalue weighted by molar-refractivity contribution is 0.284. The Morgan fingerprint density at radius 3 is 2.33 bits per heavy atom. The van der Waals surface area contributed by atoms with Gasteiger partial charge < -0.3 is 4.90 Å². The molecule has 0 aromatic heterocycles. The van der Waals surface area contributed by atoms with Crippen molar-refractivity contribution in [2.75, 3.05) is 43.4 Å². The van der Waals surface area contributed by atoms with E-state index < -0.39 is 0 Å². The zero-order valence-corrected chi connectivity index (χ0v) is 11.3.